The zero-order chi connectivity index (χ0) is 12.5. The summed E-state index contributed by atoms with van der Waals surface area (Å²) in [6, 6.07) is 2.85. The summed E-state index contributed by atoms with van der Waals surface area (Å²) in [4.78, 5) is 13.8. The molecule has 0 saturated carbocycles. The predicted molar refractivity (Wildman–Crippen MR) is 80.9 cm³/mol. The lowest BCUT2D eigenvalue weighted by atomic mass is 10.1. The van der Waals surface area contributed by atoms with E-state index in [4.69, 9.17) is 0 Å². The minimum absolute atomic E-state index is 0.627. The molecule has 1 atom stereocenters. The van der Waals surface area contributed by atoms with Gasteiger partial charge in [0.25, 0.3) is 0 Å². The zero-order valence-electron chi connectivity index (χ0n) is 10.4. The quantitative estimate of drug-likeness (QED) is 0.805. The van der Waals surface area contributed by atoms with Crippen LogP contribution in [0.25, 0.3) is 10.2 Å². The summed E-state index contributed by atoms with van der Waals surface area (Å²) in [5.41, 5.74) is 0. The van der Waals surface area contributed by atoms with E-state index in [1.807, 2.05) is 0 Å². The van der Waals surface area contributed by atoms with Crippen molar-refractivity contribution in [3.63, 3.8) is 0 Å². The van der Waals surface area contributed by atoms with Gasteiger partial charge in [0.15, 0.2) is 0 Å². The maximum Gasteiger partial charge on any atom is 0.141 e. The average Bonchev–Trinajstić information content (AvgIpc) is 2.94. The molecule has 3 rings (SSSR count). The normalized spacial score (nSPS) is 19.9. The lowest BCUT2D eigenvalue weighted by molar-refractivity contribution is 0.649. The molecule has 2 aromatic rings. The van der Waals surface area contributed by atoms with Crippen LogP contribution in [0.5, 0.6) is 0 Å². The molecule has 3 heterocycles. The van der Waals surface area contributed by atoms with Crippen molar-refractivity contribution in [2.24, 2.45) is 0 Å². The van der Waals surface area contributed by atoms with Crippen LogP contribution in [-0.2, 0) is 0 Å². The molecule has 1 unspecified atom stereocenters. The third-order valence-electron chi connectivity index (χ3n) is 3.52. The third-order valence-corrected chi connectivity index (χ3v) is 4.94. The van der Waals surface area contributed by atoms with Crippen LogP contribution in [0.15, 0.2) is 12.4 Å². The van der Waals surface area contributed by atoms with Crippen LogP contribution in [0.2, 0.25) is 0 Å². The Bertz CT molecular complexity index is 554. The fourth-order valence-corrected chi connectivity index (χ4v) is 4.10. The predicted octanol–water partition coefficient (Wildman–Crippen LogP) is 3.75. The van der Waals surface area contributed by atoms with E-state index in [0.29, 0.717) is 6.04 Å². The summed E-state index contributed by atoms with van der Waals surface area (Å²) >= 11 is 5.31. The van der Waals surface area contributed by atoms with E-state index in [1.165, 1.54) is 29.5 Å². The van der Waals surface area contributed by atoms with Crippen LogP contribution in [0.3, 0.4) is 0 Å². The molecule has 0 amide bonds. The van der Waals surface area contributed by atoms with Gasteiger partial charge in [0.1, 0.15) is 17.0 Å². The zero-order valence-corrected chi connectivity index (χ0v) is 12.8. The number of hydrogen-bond acceptors (Lipinski definition) is 4. The summed E-state index contributed by atoms with van der Waals surface area (Å²) in [5, 5.41) is 2.28. The number of alkyl halides is 1. The van der Waals surface area contributed by atoms with Crippen molar-refractivity contribution < 1.29 is 0 Å². The molecular formula is C13H16BrN3S. The summed E-state index contributed by atoms with van der Waals surface area (Å²) < 4.78 is 0. The summed E-state index contributed by atoms with van der Waals surface area (Å²) in [5.74, 6) is 1.13. The van der Waals surface area contributed by atoms with E-state index in [2.05, 4.69) is 43.8 Å². The highest BCUT2D eigenvalue weighted by Crippen LogP contribution is 2.34. The van der Waals surface area contributed by atoms with Gasteiger partial charge in [-0.3, -0.25) is 0 Å². The summed E-state index contributed by atoms with van der Waals surface area (Å²) in [6.45, 7) is 3.26. The fourth-order valence-electron chi connectivity index (χ4n) is 2.73. The van der Waals surface area contributed by atoms with Crippen molar-refractivity contribution in [1.82, 2.24) is 9.97 Å². The monoisotopic (exact) mass is 325 g/mol. The highest BCUT2D eigenvalue weighted by atomic mass is 79.9. The van der Waals surface area contributed by atoms with Gasteiger partial charge in [0, 0.05) is 22.8 Å². The van der Waals surface area contributed by atoms with E-state index in [-0.39, 0.29) is 0 Å². The molecule has 0 bridgehead atoms. The van der Waals surface area contributed by atoms with Crippen molar-refractivity contribution in [3.8, 4) is 0 Å². The van der Waals surface area contributed by atoms with E-state index < -0.39 is 0 Å². The first kappa shape index (κ1) is 12.4. The second kappa shape index (κ2) is 5.13. The number of rotatable bonds is 3. The van der Waals surface area contributed by atoms with Crippen LogP contribution < -0.4 is 4.90 Å². The van der Waals surface area contributed by atoms with Crippen molar-refractivity contribution in [3.05, 3.63) is 17.3 Å². The van der Waals surface area contributed by atoms with Crippen molar-refractivity contribution in [2.75, 3.05) is 16.8 Å². The number of fused-ring (bicyclic) bond motifs is 1. The van der Waals surface area contributed by atoms with Crippen molar-refractivity contribution in [1.29, 1.82) is 0 Å². The number of aromatic nitrogens is 2. The molecule has 0 aliphatic carbocycles. The Morgan fingerprint density at radius 3 is 3.22 bits per heavy atom. The molecule has 1 saturated heterocycles. The Morgan fingerprint density at radius 2 is 2.39 bits per heavy atom. The fraction of sp³-hybridized carbons (Fsp3) is 0.538. The second-order valence-electron chi connectivity index (χ2n) is 4.74. The molecule has 2 aromatic heterocycles. The largest absolute Gasteiger partial charge is 0.353 e. The van der Waals surface area contributed by atoms with Gasteiger partial charge in [-0.2, -0.15) is 0 Å². The first-order chi connectivity index (χ1) is 8.79. The van der Waals surface area contributed by atoms with Gasteiger partial charge in [-0.15, -0.1) is 11.3 Å². The number of nitrogens with zero attached hydrogens (tertiary/aromatic N) is 3. The molecule has 96 valence electrons. The molecule has 5 heteroatoms. The van der Waals surface area contributed by atoms with Crippen LogP contribution in [-0.4, -0.2) is 27.9 Å². The highest BCUT2D eigenvalue weighted by Gasteiger charge is 2.26. The minimum Gasteiger partial charge on any atom is -0.353 e. The van der Waals surface area contributed by atoms with Gasteiger partial charge < -0.3 is 4.90 Å². The molecule has 18 heavy (non-hydrogen) atoms. The van der Waals surface area contributed by atoms with Crippen molar-refractivity contribution in [2.45, 2.75) is 32.2 Å². The Labute approximate surface area is 119 Å². The number of halogens is 1. The maximum atomic E-state index is 4.54. The lowest BCUT2D eigenvalue weighted by Crippen LogP contribution is -2.30. The lowest BCUT2D eigenvalue weighted by Gasteiger charge is -2.25. The molecule has 3 nitrogen and oxygen atoms in total. The van der Waals surface area contributed by atoms with Gasteiger partial charge in [-0.1, -0.05) is 15.9 Å². The second-order valence-corrected chi connectivity index (χ2v) is 6.77. The average molecular weight is 326 g/mol. The first-order valence-corrected chi connectivity index (χ1v) is 8.27. The number of anilines is 1. The van der Waals surface area contributed by atoms with E-state index >= 15 is 0 Å². The molecular weight excluding hydrogens is 310 g/mol. The minimum atomic E-state index is 0.627. The van der Waals surface area contributed by atoms with E-state index in [0.717, 1.165) is 22.5 Å². The molecule has 0 radical (unpaired) electrons. The standard InChI is InChI=1S/C13H16BrN3S/c1-9-7-11-12(15-8-16-13(11)18-9)17-6-2-3-10(17)4-5-14/h7-8,10H,2-6H2,1H3. The third kappa shape index (κ3) is 2.14. The summed E-state index contributed by atoms with van der Waals surface area (Å²) in [6.07, 6.45) is 5.44. The number of aryl methyl sites for hydroxylation is 1. The van der Waals surface area contributed by atoms with E-state index in [1.54, 1.807) is 17.7 Å². The van der Waals surface area contributed by atoms with Gasteiger partial charge in [0.05, 0.1) is 5.39 Å². The number of thiophene rings is 1. The Hall–Kier alpha value is -0.680. The molecule has 1 aliphatic heterocycles. The number of hydrogen-bond donors (Lipinski definition) is 0. The maximum absolute atomic E-state index is 4.54. The molecule has 0 N–H and O–H groups in total. The van der Waals surface area contributed by atoms with Gasteiger partial charge in [-0.25, -0.2) is 9.97 Å². The topological polar surface area (TPSA) is 29.0 Å². The highest BCUT2D eigenvalue weighted by molar-refractivity contribution is 9.09. The van der Waals surface area contributed by atoms with Crippen LogP contribution in [0.1, 0.15) is 24.1 Å². The van der Waals surface area contributed by atoms with E-state index in [9.17, 15) is 0 Å². The molecule has 0 spiro atoms. The van der Waals surface area contributed by atoms with Gasteiger partial charge in [0.2, 0.25) is 0 Å². The smallest absolute Gasteiger partial charge is 0.141 e. The Balaban J connectivity index is 2.02. The summed E-state index contributed by atoms with van der Waals surface area (Å²) in [7, 11) is 0. The van der Waals surface area contributed by atoms with Crippen LogP contribution in [0, 0.1) is 6.92 Å². The van der Waals surface area contributed by atoms with Gasteiger partial charge in [-0.05, 0) is 32.3 Å². The Kier molecular flexibility index (Phi) is 3.52. The molecule has 0 aromatic carbocycles. The van der Waals surface area contributed by atoms with Crippen LogP contribution in [0.4, 0.5) is 5.82 Å². The first-order valence-electron chi connectivity index (χ1n) is 6.33. The van der Waals surface area contributed by atoms with Gasteiger partial charge >= 0.3 is 0 Å². The van der Waals surface area contributed by atoms with Crippen LogP contribution >= 0.6 is 27.3 Å². The molecule has 1 aliphatic rings. The SMILES string of the molecule is Cc1cc2c(N3CCCC3CCBr)ncnc2s1. The van der Waals surface area contributed by atoms with Crippen molar-refractivity contribution >= 4 is 43.3 Å². The Morgan fingerprint density at radius 1 is 1.50 bits per heavy atom. The molecule has 1 fully saturated rings.